The number of nitrogens with two attached hydrogens (primary N) is 1. The Kier molecular flexibility index (Phi) is 13.3. The van der Waals surface area contributed by atoms with Gasteiger partial charge in [0, 0.05) is 45.9 Å². The number of nitrogens with one attached hydrogen (secondary N) is 1. The summed E-state index contributed by atoms with van der Waals surface area (Å²) < 4.78 is 5.18. The third-order valence-corrected chi connectivity index (χ3v) is 5.47. The molecule has 3 N–H and O–H groups in total. The molecule has 7 nitrogen and oxygen atoms in total. The summed E-state index contributed by atoms with van der Waals surface area (Å²) in [5.74, 6) is 0.982. The van der Waals surface area contributed by atoms with E-state index in [1.54, 1.807) is 7.11 Å². The van der Waals surface area contributed by atoms with Crippen LogP contribution in [0.25, 0.3) is 0 Å². The lowest BCUT2D eigenvalue weighted by Gasteiger charge is -2.35. The lowest BCUT2D eigenvalue weighted by atomic mass is 9.87. The van der Waals surface area contributed by atoms with Crippen LogP contribution in [0.15, 0.2) is 0 Å². The lowest BCUT2D eigenvalue weighted by Crippen LogP contribution is -2.52. The normalized spacial score (nSPS) is 24.3. The Morgan fingerprint density at radius 3 is 2.22 bits per heavy atom. The molecule has 2 aliphatic rings. The fourth-order valence-electron chi connectivity index (χ4n) is 3.62. The van der Waals surface area contributed by atoms with Gasteiger partial charge in [0.15, 0.2) is 0 Å². The predicted octanol–water partition coefficient (Wildman–Crippen LogP) is 1.03. The van der Waals surface area contributed by atoms with Crippen molar-refractivity contribution in [3.63, 3.8) is 0 Å². The van der Waals surface area contributed by atoms with E-state index in [1.165, 1.54) is 12.8 Å². The van der Waals surface area contributed by atoms with E-state index in [1.807, 2.05) is 4.90 Å². The van der Waals surface area contributed by atoms with Crippen LogP contribution in [0.4, 0.5) is 0 Å². The van der Waals surface area contributed by atoms with Gasteiger partial charge in [0.25, 0.3) is 0 Å². The molecule has 0 aromatic rings. The Hall–Kier alpha value is -0.600. The molecule has 1 aliphatic heterocycles. The van der Waals surface area contributed by atoms with Crippen molar-refractivity contribution in [2.75, 3.05) is 46.4 Å². The number of ether oxygens (including phenoxy) is 1. The number of carbonyl (C=O) groups is 2. The van der Waals surface area contributed by atoms with Gasteiger partial charge in [0.05, 0.1) is 19.1 Å². The summed E-state index contributed by atoms with van der Waals surface area (Å²) in [7, 11) is 1.58. The van der Waals surface area contributed by atoms with Gasteiger partial charge in [0.2, 0.25) is 11.8 Å². The largest absolute Gasteiger partial charge is 0.380 e. The van der Waals surface area contributed by atoms with Crippen LogP contribution in [0.5, 0.6) is 0 Å². The second-order valence-electron chi connectivity index (χ2n) is 7.48. The van der Waals surface area contributed by atoms with Crippen LogP contribution >= 0.6 is 24.8 Å². The van der Waals surface area contributed by atoms with E-state index in [4.69, 9.17) is 10.5 Å². The minimum absolute atomic E-state index is 0. The number of hydrogen-bond acceptors (Lipinski definition) is 5. The summed E-state index contributed by atoms with van der Waals surface area (Å²) in [6, 6.07) is 0.341. The number of piperazine rings is 1. The highest BCUT2D eigenvalue weighted by Gasteiger charge is 2.25. The van der Waals surface area contributed by atoms with E-state index in [0.29, 0.717) is 38.6 Å². The molecule has 1 atom stereocenters. The van der Waals surface area contributed by atoms with E-state index < -0.39 is 0 Å². The summed E-state index contributed by atoms with van der Waals surface area (Å²) in [5, 5.41) is 3.17. The van der Waals surface area contributed by atoms with E-state index in [2.05, 4.69) is 17.1 Å². The lowest BCUT2D eigenvalue weighted by molar-refractivity contribution is -0.135. The van der Waals surface area contributed by atoms with Crippen molar-refractivity contribution in [3.05, 3.63) is 0 Å². The molecule has 160 valence electrons. The number of amides is 2. The first-order chi connectivity index (χ1) is 12.0. The fraction of sp³-hybridized carbons (Fsp3) is 0.889. The van der Waals surface area contributed by atoms with Crippen LogP contribution in [-0.4, -0.2) is 80.1 Å². The smallest absolute Gasteiger partial charge is 0.234 e. The van der Waals surface area contributed by atoms with E-state index in [0.717, 1.165) is 31.8 Å². The third-order valence-electron chi connectivity index (χ3n) is 5.47. The molecule has 1 unspecified atom stereocenters. The third kappa shape index (κ3) is 8.96. The highest BCUT2D eigenvalue weighted by Crippen LogP contribution is 2.23. The van der Waals surface area contributed by atoms with Gasteiger partial charge in [-0.15, -0.1) is 24.8 Å². The number of nitrogens with zero attached hydrogens (tertiary/aromatic N) is 2. The number of rotatable bonds is 7. The standard InChI is InChI=1S/C18H34N4O3.2ClH/c1-14-3-5-15(6-4-14)20-17(23)13-21-7-9-22(10-8-21)18(24)11-16(12-19)25-2;;/h14-16H,3-13,19H2,1-2H3,(H,20,23);2*1H. The minimum atomic E-state index is -0.213. The van der Waals surface area contributed by atoms with Gasteiger partial charge in [-0.2, -0.15) is 0 Å². The summed E-state index contributed by atoms with van der Waals surface area (Å²) in [4.78, 5) is 28.4. The predicted molar refractivity (Wildman–Crippen MR) is 112 cm³/mol. The van der Waals surface area contributed by atoms with Crippen LogP contribution < -0.4 is 11.1 Å². The topological polar surface area (TPSA) is 87.9 Å². The molecular weight excluding hydrogens is 391 g/mol. The SMILES string of the molecule is COC(CN)CC(=O)N1CCN(CC(=O)NC2CCC(C)CC2)CC1.Cl.Cl. The van der Waals surface area contributed by atoms with Gasteiger partial charge in [-0.3, -0.25) is 14.5 Å². The Labute approximate surface area is 175 Å². The Morgan fingerprint density at radius 1 is 1.11 bits per heavy atom. The molecule has 0 aromatic heterocycles. The van der Waals surface area contributed by atoms with Crippen LogP contribution in [-0.2, 0) is 14.3 Å². The number of hydrogen-bond donors (Lipinski definition) is 2. The Balaban J connectivity index is 0.00000338. The van der Waals surface area contributed by atoms with Gasteiger partial charge >= 0.3 is 0 Å². The first kappa shape index (κ1) is 26.4. The zero-order valence-electron chi connectivity index (χ0n) is 16.5. The molecule has 9 heteroatoms. The summed E-state index contributed by atoms with van der Waals surface area (Å²) in [5.41, 5.74) is 5.57. The van der Waals surface area contributed by atoms with Gasteiger partial charge in [-0.1, -0.05) is 6.92 Å². The minimum Gasteiger partial charge on any atom is -0.380 e. The van der Waals surface area contributed by atoms with Crippen molar-refractivity contribution in [3.8, 4) is 0 Å². The maximum Gasteiger partial charge on any atom is 0.234 e. The van der Waals surface area contributed by atoms with E-state index in [9.17, 15) is 9.59 Å². The molecule has 1 saturated carbocycles. The van der Waals surface area contributed by atoms with Crippen LogP contribution in [0.1, 0.15) is 39.0 Å². The molecule has 1 saturated heterocycles. The molecule has 2 rings (SSSR count). The highest BCUT2D eigenvalue weighted by atomic mass is 35.5. The van der Waals surface area contributed by atoms with Gasteiger partial charge in [-0.05, 0) is 31.6 Å². The molecule has 0 aromatic carbocycles. The maximum absolute atomic E-state index is 12.2. The number of methoxy groups -OCH3 is 1. The zero-order chi connectivity index (χ0) is 18.2. The quantitative estimate of drug-likeness (QED) is 0.634. The van der Waals surface area contributed by atoms with E-state index >= 15 is 0 Å². The van der Waals surface area contributed by atoms with Crippen molar-refractivity contribution in [1.82, 2.24) is 15.1 Å². The monoisotopic (exact) mass is 426 g/mol. The molecule has 2 fully saturated rings. The molecule has 1 heterocycles. The molecule has 2 amide bonds. The average molecular weight is 427 g/mol. The molecular formula is C18H36Cl2N4O3. The van der Waals surface area contributed by atoms with Gasteiger partial charge < -0.3 is 20.7 Å². The molecule has 0 radical (unpaired) electrons. The molecule has 0 bridgehead atoms. The summed E-state index contributed by atoms with van der Waals surface area (Å²) >= 11 is 0. The maximum atomic E-state index is 12.2. The van der Waals surface area contributed by atoms with Crippen molar-refractivity contribution in [2.24, 2.45) is 11.7 Å². The second kappa shape index (κ2) is 13.6. The van der Waals surface area contributed by atoms with Crippen LogP contribution in [0, 0.1) is 5.92 Å². The van der Waals surface area contributed by atoms with Crippen molar-refractivity contribution >= 4 is 36.6 Å². The number of halogens is 2. The number of carbonyl (C=O) groups excluding carboxylic acids is 2. The van der Waals surface area contributed by atoms with Gasteiger partial charge in [-0.25, -0.2) is 0 Å². The Bertz CT molecular complexity index is 436. The zero-order valence-corrected chi connectivity index (χ0v) is 18.2. The highest BCUT2D eigenvalue weighted by molar-refractivity contribution is 5.85. The van der Waals surface area contributed by atoms with Crippen molar-refractivity contribution < 1.29 is 14.3 Å². The summed E-state index contributed by atoms with van der Waals surface area (Å²) in [6.07, 6.45) is 4.71. The first-order valence-corrected chi connectivity index (χ1v) is 9.54. The fourth-order valence-corrected chi connectivity index (χ4v) is 3.62. The van der Waals surface area contributed by atoms with E-state index in [-0.39, 0.29) is 42.7 Å². The van der Waals surface area contributed by atoms with Crippen molar-refractivity contribution in [2.45, 2.75) is 51.2 Å². The summed E-state index contributed by atoms with van der Waals surface area (Å²) in [6.45, 7) is 5.85. The van der Waals surface area contributed by atoms with Crippen molar-refractivity contribution in [1.29, 1.82) is 0 Å². The van der Waals surface area contributed by atoms with Crippen LogP contribution in [0.2, 0.25) is 0 Å². The van der Waals surface area contributed by atoms with Gasteiger partial charge in [0.1, 0.15) is 0 Å². The van der Waals surface area contributed by atoms with Crippen LogP contribution in [0.3, 0.4) is 0 Å². The molecule has 1 aliphatic carbocycles. The molecule has 27 heavy (non-hydrogen) atoms. The molecule has 0 spiro atoms. The Morgan fingerprint density at radius 2 is 1.70 bits per heavy atom. The first-order valence-electron chi connectivity index (χ1n) is 9.54. The second-order valence-corrected chi connectivity index (χ2v) is 7.48. The average Bonchev–Trinajstić information content (AvgIpc) is 2.62.